The van der Waals surface area contributed by atoms with E-state index in [0.717, 1.165) is 10.0 Å². The number of hydrogen-bond donors (Lipinski definition) is 0. The first-order valence-electron chi connectivity index (χ1n) is 8.82. The molecule has 0 amide bonds. The summed E-state index contributed by atoms with van der Waals surface area (Å²) in [6.07, 6.45) is 0.868. The van der Waals surface area contributed by atoms with Crippen LogP contribution >= 0.6 is 15.9 Å². The molecule has 2 aromatic carbocycles. The zero-order chi connectivity index (χ0) is 20.5. The van der Waals surface area contributed by atoms with Crippen LogP contribution in [0.4, 0.5) is 0 Å². The average Bonchev–Trinajstić information content (AvgIpc) is 3.02. The molecular formula is C21H17BrO7. The van der Waals surface area contributed by atoms with E-state index in [1.165, 1.54) is 7.11 Å². The summed E-state index contributed by atoms with van der Waals surface area (Å²) >= 11 is 3.46. The predicted octanol–water partition coefficient (Wildman–Crippen LogP) is 3.87. The van der Waals surface area contributed by atoms with Crippen LogP contribution in [-0.4, -0.2) is 31.8 Å². The van der Waals surface area contributed by atoms with Crippen LogP contribution in [0.15, 0.2) is 40.6 Å². The molecule has 0 saturated heterocycles. The molecule has 0 N–H and O–H groups in total. The van der Waals surface area contributed by atoms with Gasteiger partial charge < -0.3 is 23.7 Å². The van der Waals surface area contributed by atoms with Gasteiger partial charge in [0.2, 0.25) is 5.78 Å². The molecule has 2 aromatic rings. The third-order valence-electron chi connectivity index (χ3n) is 4.48. The van der Waals surface area contributed by atoms with E-state index < -0.39 is 12.1 Å². The molecule has 0 fully saturated rings. The largest absolute Gasteiger partial charge is 0.479 e. The van der Waals surface area contributed by atoms with E-state index in [0.29, 0.717) is 35.0 Å². The maximum atomic E-state index is 12.8. The SMILES string of the molecule is COC(=O)C(C)Oc1ccc2c(c1)O/C(=C\c1cc(Br)cc3c1OCOC3)C2=O. The van der Waals surface area contributed by atoms with Crippen molar-refractivity contribution in [3.8, 4) is 17.2 Å². The normalized spacial score (nSPS) is 17.1. The third kappa shape index (κ3) is 3.86. The summed E-state index contributed by atoms with van der Waals surface area (Å²) in [5.41, 5.74) is 2.01. The third-order valence-corrected chi connectivity index (χ3v) is 4.94. The van der Waals surface area contributed by atoms with E-state index in [4.69, 9.17) is 18.9 Å². The molecule has 4 rings (SSSR count). The van der Waals surface area contributed by atoms with Crippen LogP contribution in [0.25, 0.3) is 6.08 Å². The Balaban J connectivity index is 1.62. The van der Waals surface area contributed by atoms with Crippen LogP contribution in [0.1, 0.15) is 28.4 Å². The second-order valence-corrected chi connectivity index (χ2v) is 7.39. The summed E-state index contributed by atoms with van der Waals surface area (Å²) in [6.45, 7) is 2.16. The Hall–Kier alpha value is -2.84. The molecule has 0 saturated carbocycles. The number of Topliss-reactive ketones (excluding diaryl/α,β-unsaturated/α-hetero) is 1. The Morgan fingerprint density at radius 1 is 1.28 bits per heavy atom. The summed E-state index contributed by atoms with van der Waals surface area (Å²) in [4.78, 5) is 24.3. The van der Waals surface area contributed by atoms with Crippen molar-refractivity contribution in [1.82, 2.24) is 0 Å². The fourth-order valence-corrected chi connectivity index (χ4v) is 3.64. The molecule has 2 heterocycles. The Kier molecular flexibility index (Phi) is 5.29. The summed E-state index contributed by atoms with van der Waals surface area (Å²) < 4.78 is 27.7. The van der Waals surface area contributed by atoms with E-state index in [2.05, 4.69) is 20.7 Å². The average molecular weight is 461 g/mol. The number of hydrogen-bond acceptors (Lipinski definition) is 7. The number of rotatable bonds is 4. The second-order valence-electron chi connectivity index (χ2n) is 6.47. The first-order chi connectivity index (χ1) is 14.0. The minimum Gasteiger partial charge on any atom is -0.479 e. The molecule has 0 radical (unpaired) electrons. The molecule has 29 heavy (non-hydrogen) atoms. The maximum Gasteiger partial charge on any atom is 0.346 e. The molecule has 0 bridgehead atoms. The van der Waals surface area contributed by atoms with Crippen LogP contribution in [0.3, 0.4) is 0 Å². The molecule has 2 aliphatic rings. The maximum absolute atomic E-state index is 12.8. The molecule has 1 unspecified atom stereocenters. The quantitative estimate of drug-likeness (QED) is 0.505. The molecule has 2 aliphatic heterocycles. The standard InChI is InChI=1S/C21H17BrO7/c1-11(21(24)25-2)28-15-3-4-16-17(8-15)29-18(19(16)23)7-12-5-14(22)6-13-9-26-10-27-20(12)13/h3-8,11H,9-10H2,1-2H3/b18-7-. The van der Waals surface area contributed by atoms with Gasteiger partial charge in [-0.25, -0.2) is 4.79 Å². The summed E-state index contributed by atoms with van der Waals surface area (Å²) in [5.74, 6) is 0.864. The number of carbonyl (C=O) groups excluding carboxylic acids is 2. The second kappa shape index (κ2) is 7.88. The molecule has 8 heteroatoms. The van der Waals surface area contributed by atoms with Crippen molar-refractivity contribution in [3.63, 3.8) is 0 Å². The van der Waals surface area contributed by atoms with Gasteiger partial charge in [-0.3, -0.25) is 4.79 Å². The van der Waals surface area contributed by atoms with Gasteiger partial charge in [-0.15, -0.1) is 0 Å². The van der Waals surface area contributed by atoms with Gasteiger partial charge in [-0.1, -0.05) is 15.9 Å². The van der Waals surface area contributed by atoms with Gasteiger partial charge in [-0.05, 0) is 37.3 Å². The number of esters is 1. The Morgan fingerprint density at radius 2 is 2.10 bits per heavy atom. The van der Waals surface area contributed by atoms with E-state index >= 15 is 0 Å². The van der Waals surface area contributed by atoms with Crippen molar-refractivity contribution < 1.29 is 33.3 Å². The van der Waals surface area contributed by atoms with Crippen molar-refractivity contribution >= 4 is 33.8 Å². The van der Waals surface area contributed by atoms with Crippen molar-refractivity contribution in [3.05, 3.63) is 57.3 Å². The number of methoxy groups -OCH3 is 1. The highest BCUT2D eigenvalue weighted by Gasteiger charge is 2.29. The fourth-order valence-electron chi connectivity index (χ4n) is 3.12. The van der Waals surface area contributed by atoms with Gasteiger partial charge >= 0.3 is 5.97 Å². The van der Waals surface area contributed by atoms with E-state index in [-0.39, 0.29) is 18.3 Å². The molecule has 0 aromatic heterocycles. The topological polar surface area (TPSA) is 80.3 Å². The van der Waals surface area contributed by atoms with Gasteiger partial charge in [0.05, 0.1) is 19.3 Å². The molecule has 1 atom stereocenters. The molecular weight excluding hydrogens is 444 g/mol. The Labute approximate surface area is 175 Å². The molecule has 150 valence electrons. The van der Waals surface area contributed by atoms with Gasteiger partial charge in [0.25, 0.3) is 0 Å². The molecule has 0 spiro atoms. The smallest absolute Gasteiger partial charge is 0.346 e. The Morgan fingerprint density at radius 3 is 2.90 bits per heavy atom. The lowest BCUT2D eigenvalue weighted by atomic mass is 10.1. The highest BCUT2D eigenvalue weighted by atomic mass is 79.9. The predicted molar refractivity (Wildman–Crippen MR) is 106 cm³/mol. The lowest BCUT2D eigenvalue weighted by Gasteiger charge is -2.20. The van der Waals surface area contributed by atoms with Gasteiger partial charge in [0.1, 0.15) is 17.2 Å². The summed E-state index contributed by atoms with van der Waals surface area (Å²) in [5, 5.41) is 0. The highest BCUT2D eigenvalue weighted by molar-refractivity contribution is 9.10. The number of fused-ring (bicyclic) bond motifs is 2. The van der Waals surface area contributed by atoms with Crippen LogP contribution in [0, 0.1) is 0 Å². The van der Waals surface area contributed by atoms with Crippen LogP contribution in [0.5, 0.6) is 17.2 Å². The monoisotopic (exact) mass is 460 g/mol. The van der Waals surface area contributed by atoms with Crippen molar-refractivity contribution in [1.29, 1.82) is 0 Å². The zero-order valence-corrected chi connectivity index (χ0v) is 17.3. The molecule has 7 nitrogen and oxygen atoms in total. The van der Waals surface area contributed by atoms with Crippen molar-refractivity contribution in [2.24, 2.45) is 0 Å². The number of ether oxygens (including phenoxy) is 5. The highest BCUT2D eigenvalue weighted by Crippen LogP contribution is 2.38. The van der Waals surface area contributed by atoms with Crippen LogP contribution in [-0.2, 0) is 20.9 Å². The van der Waals surface area contributed by atoms with E-state index in [1.54, 1.807) is 31.2 Å². The molecule has 0 aliphatic carbocycles. The number of allylic oxidation sites excluding steroid dienone is 1. The summed E-state index contributed by atoms with van der Waals surface area (Å²) in [6, 6.07) is 8.56. The van der Waals surface area contributed by atoms with E-state index in [1.807, 2.05) is 12.1 Å². The van der Waals surface area contributed by atoms with Gasteiger partial charge in [0, 0.05) is 21.7 Å². The minimum absolute atomic E-state index is 0.152. The first-order valence-corrected chi connectivity index (χ1v) is 9.61. The van der Waals surface area contributed by atoms with E-state index in [9.17, 15) is 9.59 Å². The van der Waals surface area contributed by atoms with Crippen LogP contribution in [0.2, 0.25) is 0 Å². The first kappa shape index (κ1) is 19.5. The number of carbonyl (C=O) groups is 2. The lowest BCUT2D eigenvalue weighted by molar-refractivity contribution is -0.147. The number of ketones is 1. The van der Waals surface area contributed by atoms with Gasteiger partial charge in [-0.2, -0.15) is 0 Å². The summed E-state index contributed by atoms with van der Waals surface area (Å²) in [7, 11) is 1.29. The van der Waals surface area contributed by atoms with Crippen LogP contribution < -0.4 is 14.2 Å². The number of halogens is 1. The van der Waals surface area contributed by atoms with Gasteiger partial charge in [0.15, 0.2) is 18.7 Å². The van der Waals surface area contributed by atoms with Crippen molar-refractivity contribution in [2.75, 3.05) is 13.9 Å². The van der Waals surface area contributed by atoms with Crippen molar-refractivity contribution in [2.45, 2.75) is 19.6 Å². The Bertz CT molecular complexity index is 1030. The lowest BCUT2D eigenvalue weighted by Crippen LogP contribution is -2.24. The zero-order valence-electron chi connectivity index (χ0n) is 15.7. The minimum atomic E-state index is -0.780. The fraction of sp³-hybridized carbons (Fsp3) is 0.238. The number of benzene rings is 2.